The maximum atomic E-state index is 9.74. The smallest absolute Gasteiger partial charge is 0.0593 e. The van der Waals surface area contributed by atoms with Gasteiger partial charge in [0, 0.05) is 0 Å². The molecule has 0 bridgehead atoms. The molecule has 1 saturated carbocycles. The molecule has 1 aliphatic carbocycles. The molecule has 0 aliphatic heterocycles. The average molecular weight is 200 g/mol. The highest BCUT2D eigenvalue weighted by molar-refractivity contribution is 4.79. The van der Waals surface area contributed by atoms with Crippen LogP contribution in [0.2, 0.25) is 0 Å². The topological polar surface area (TPSA) is 40.5 Å². The standard InChI is InChI=1S/C12H24O2/c1-2-3-4-5-6-10-7-8-11(13)9-12(10)14/h10-14H,2-9H2,1H3. The lowest BCUT2D eigenvalue weighted by atomic mass is 9.82. The van der Waals surface area contributed by atoms with Crippen LogP contribution in [0.3, 0.4) is 0 Å². The van der Waals surface area contributed by atoms with Gasteiger partial charge in [0.1, 0.15) is 0 Å². The predicted octanol–water partition coefficient (Wildman–Crippen LogP) is 2.48. The van der Waals surface area contributed by atoms with Crippen molar-refractivity contribution in [3.8, 4) is 0 Å². The Kier molecular flexibility index (Phi) is 5.49. The van der Waals surface area contributed by atoms with Crippen molar-refractivity contribution in [2.24, 2.45) is 5.92 Å². The average Bonchev–Trinajstić information content (AvgIpc) is 2.15. The maximum Gasteiger partial charge on any atom is 0.0593 e. The first-order chi connectivity index (χ1) is 6.74. The molecule has 1 rings (SSSR count). The van der Waals surface area contributed by atoms with Crippen LogP contribution in [0, 0.1) is 5.92 Å². The minimum Gasteiger partial charge on any atom is -0.393 e. The lowest BCUT2D eigenvalue weighted by molar-refractivity contribution is -0.00227. The fourth-order valence-electron chi connectivity index (χ4n) is 2.36. The molecule has 84 valence electrons. The molecule has 2 N–H and O–H groups in total. The van der Waals surface area contributed by atoms with Gasteiger partial charge in [-0.25, -0.2) is 0 Å². The van der Waals surface area contributed by atoms with Crippen molar-refractivity contribution in [1.82, 2.24) is 0 Å². The summed E-state index contributed by atoms with van der Waals surface area (Å²) >= 11 is 0. The second-order valence-corrected chi connectivity index (χ2v) is 4.64. The zero-order valence-electron chi connectivity index (χ0n) is 9.28. The summed E-state index contributed by atoms with van der Waals surface area (Å²) in [6, 6.07) is 0. The lowest BCUT2D eigenvalue weighted by Gasteiger charge is -2.30. The molecule has 2 heteroatoms. The van der Waals surface area contributed by atoms with Crippen molar-refractivity contribution < 1.29 is 10.2 Å². The second-order valence-electron chi connectivity index (χ2n) is 4.64. The van der Waals surface area contributed by atoms with E-state index in [1.54, 1.807) is 0 Å². The number of unbranched alkanes of at least 4 members (excludes halogenated alkanes) is 3. The van der Waals surface area contributed by atoms with Crippen LogP contribution in [0.4, 0.5) is 0 Å². The van der Waals surface area contributed by atoms with Crippen LogP contribution in [0.15, 0.2) is 0 Å². The van der Waals surface area contributed by atoms with Crippen molar-refractivity contribution in [2.75, 3.05) is 0 Å². The number of rotatable bonds is 5. The normalized spacial score (nSPS) is 33.2. The molecule has 0 saturated heterocycles. The van der Waals surface area contributed by atoms with E-state index in [0.717, 1.165) is 19.3 Å². The molecular formula is C12H24O2. The number of aliphatic hydroxyl groups excluding tert-OH is 2. The van der Waals surface area contributed by atoms with Crippen LogP contribution in [-0.4, -0.2) is 22.4 Å². The summed E-state index contributed by atoms with van der Waals surface area (Å²) in [4.78, 5) is 0. The molecule has 0 amide bonds. The van der Waals surface area contributed by atoms with Gasteiger partial charge in [-0.3, -0.25) is 0 Å². The Balaban J connectivity index is 2.11. The minimum absolute atomic E-state index is 0.250. The Bertz CT molecular complexity index is 147. The lowest BCUT2D eigenvalue weighted by Crippen LogP contribution is -2.31. The Morgan fingerprint density at radius 1 is 1.07 bits per heavy atom. The third kappa shape index (κ3) is 3.97. The molecule has 0 aromatic carbocycles. The Morgan fingerprint density at radius 2 is 1.86 bits per heavy atom. The molecular weight excluding hydrogens is 176 g/mol. The van der Waals surface area contributed by atoms with Crippen LogP contribution in [0.5, 0.6) is 0 Å². The van der Waals surface area contributed by atoms with E-state index in [2.05, 4.69) is 6.92 Å². The first-order valence-corrected chi connectivity index (χ1v) is 6.10. The fraction of sp³-hybridized carbons (Fsp3) is 1.00. The summed E-state index contributed by atoms with van der Waals surface area (Å²) in [5.41, 5.74) is 0. The van der Waals surface area contributed by atoms with Crippen molar-refractivity contribution in [3.63, 3.8) is 0 Å². The highest BCUT2D eigenvalue weighted by Crippen LogP contribution is 2.28. The molecule has 14 heavy (non-hydrogen) atoms. The Morgan fingerprint density at radius 3 is 2.50 bits per heavy atom. The van der Waals surface area contributed by atoms with E-state index in [9.17, 15) is 10.2 Å². The van der Waals surface area contributed by atoms with Crippen LogP contribution in [0.1, 0.15) is 58.3 Å². The van der Waals surface area contributed by atoms with Gasteiger partial charge in [0.25, 0.3) is 0 Å². The van der Waals surface area contributed by atoms with Crippen LogP contribution < -0.4 is 0 Å². The van der Waals surface area contributed by atoms with E-state index in [-0.39, 0.29) is 12.2 Å². The van der Waals surface area contributed by atoms with Gasteiger partial charge < -0.3 is 10.2 Å². The van der Waals surface area contributed by atoms with Crippen LogP contribution in [-0.2, 0) is 0 Å². The van der Waals surface area contributed by atoms with E-state index in [4.69, 9.17) is 0 Å². The zero-order chi connectivity index (χ0) is 10.4. The Labute approximate surface area is 87.3 Å². The second kappa shape index (κ2) is 6.41. The summed E-state index contributed by atoms with van der Waals surface area (Å²) in [5.74, 6) is 0.454. The fourth-order valence-corrected chi connectivity index (χ4v) is 2.36. The Hall–Kier alpha value is -0.0800. The van der Waals surface area contributed by atoms with Gasteiger partial charge in [-0.05, 0) is 31.6 Å². The van der Waals surface area contributed by atoms with Crippen molar-refractivity contribution in [3.05, 3.63) is 0 Å². The zero-order valence-corrected chi connectivity index (χ0v) is 9.28. The van der Waals surface area contributed by atoms with Crippen molar-refractivity contribution in [1.29, 1.82) is 0 Å². The first kappa shape index (κ1) is 12.0. The highest BCUT2D eigenvalue weighted by Gasteiger charge is 2.27. The van der Waals surface area contributed by atoms with Crippen LogP contribution in [0.25, 0.3) is 0 Å². The number of aliphatic hydroxyl groups is 2. The molecule has 0 aromatic rings. The van der Waals surface area contributed by atoms with E-state index < -0.39 is 0 Å². The summed E-state index contributed by atoms with van der Waals surface area (Å²) < 4.78 is 0. The van der Waals surface area contributed by atoms with Crippen molar-refractivity contribution >= 4 is 0 Å². The van der Waals surface area contributed by atoms with E-state index in [0.29, 0.717) is 12.3 Å². The summed E-state index contributed by atoms with van der Waals surface area (Å²) in [7, 11) is 0. The molecule has 3 unspecified atom stereocenters. The molecule has 0 heterocycles. The third-order valence-electron chi connectivity index (χ3n) is 3.36. The summed E-state index contributed by atoms with van der Waals surface area (Å²) in [6.07, 6.45) is 8.25. The van der Waals surface area contributed by atoms with Gasteiger partial charge >= 0.3 is 0 Å². The highest BCUT2D eigenvalue weighted by atomic mass is 16.3. The number of hydrogen-bond donors (Lipinski definition) is 2. The van der Waals surface area contributed by atoms with E-state index in [1.807, 2.05) is 0 Å². The van der Waals surface area contributed by atoms with Crippen LogP contribution >= 0.6 is 0 Å². The summed E-state index contributed by atoms with van der Waals surface area (Å²) in [6.45, 7) is 2.21. The third-order valence-corrected chi connectivity index (χ3v) is 3.36. The largest absolute Gasteiger partial charge is 0.393 e. The van der Waals surface area contributed by atoms with Gasteiger partial charge in [0.05, 0.1) is 12.2 Å². The van der Waals surface area contributed by atoms with Gasteiger partial charge in [-0.15, -0.1) is 0 Å². The maximum absolute atomic E-state index is 9.74. The first-order valence-electron chi connectivity index (χ1n) is 6.10. The van der Waals surface area contributed by atoms with E-state index in [1.165, 1.54) is 25.7 Å². The van der Waals surface area contributed by atoms with Gasteiger partial charge in [-0.2, -0.15) is 0 Å². The molecule has 0 spiro atoms. The summed E-state index contributed by atoms with van der Waals surface area (Å²) in [5, 5.41) is 19.1. The molecule has 2 nitrogen and oxygen atoms in total. The molecule has 1 fully saturated rings. The molecule has 0 radical (unpaired) electrons. The molecule has 3 atom stereocenters. The molecule has 0 aromatic heterocycles. The molecule has 1 aliphatic rings. The van der Waals surface area contributed by atoms with Gasteiger partial charge in [0.2, 0.25) is 0 Å². The number of hydrogen-bond acceptors (Lipinski definition) is 2. The van der Waals surface area contributed by atoms with Gasteiger partial charge in [-0.1, -0.05) is 32.6 Å². The predicted molar refractivity (Wildman–Crippen MR) is 58.1 cm³/mol. The minimum atomic E-state index is -0.253. The quantitative estimate of drug-likeness (QED) is 0.669. The SMILES string of the molecule is CCCCCCC1CCC(O)CC1O. The van der Waals surface area contributed by atoms with Gasteiger partial charge in [0.15, 0.2) is 0 Å². The monoisotopic (exact) mass is 200 g/mol. The van der Waals surface area contributed by atoms with E-state index >= 15 is 0 Å². The van der Waals surface area contributed by atoms with Crippen molar-refractivity contribution in [2.45, 2.75) is 70.5 Å².